The molecule has 1 aromatic heterocycles. The van der Waals surface area contributed by atoms with Crippen LogP contribution < -0.4 is 24.8 Å². The van der Waals surface area contributed by atoms with Gasteiger partial charge in [0.25, 0.3) is 5.91 Å². The molecule has 16 heteroatoms. The van der Waals surface area contributed by atoms with Gasteiger partial charge in [-0.1, -0.05) is 26.0 Å². The number of allylic oxidation sites excluding steroid dienone is 1. The second kappa shape index (κ2) is 15.3. The molecule has 4 aliphatic rings. The van der Waals surface area contributed by atoms with Gasteiger partial charge in [-0.2, -0.15) is 0 Å². The van der Waals surface area contributed by atoms with E-state index < -0.39 is 80.0 Å². The Labute approximate surface area is 330 Å². The minimum atomic E-state index is -4.04. The van der Waals surface area contributed by atoms with Crippen LogP contribution in [-0.2, 0) is 24.4 Å². The van der Waals surface area contributed by atoms with Crippen LogP contribution in [0.1, 0.15) is 65.7 Å². The topological polar surface area (TPSA) is 193 Å². The lowest BCUT2D eigenvalue weighted by Gasteiger charge is -2.32. The maximum Gasteiger partial charge on any atom is 0.405 e. The van der Waals surface area contributed by atoms with Gasteiger partial charge in [-0.3, -0.25) is 19.1 Å². The first kappa shape index (κ1) is 40.0. The fourth-order valence-electron chi connectivity index (χ4n) is 8.08. The first-order chi connectivity index (χ1) is 27.0. The molecule has 0 spiro atoms. The molecule has 0 radical (unpaired) electrons. The van der Waals surface area contributed by atoms with Crippen molar-refractivity contribution in [1.82, 2.24) is 25.2 Å². The normalized spacial score (nSPS) is 29.1. The van der Waals surface area contributed by atoms with E-state index in [2.05, 4.69) is 15.4 Å². The molecule has 0 unspecified atom stereocenters. The lowest BCUT2D eigenvalue weighted by Crippen LogP contribution is -2.59. The maximum atomic E-state index is 14.6. The lowest BCUT2D eigenvalue weighted by molar-refractivity contribution is -0.142. The zero-order valence-corrected chi connectivity index (χ0v) is 33.1. The largest absolute Gasteiger partial charge is 0.497 e. The minimum absolute atomic E-state index is 0.0587. The van der Waals surface area contributed by atoms with Gasteiger partial charge in [-0.15, -0.1) is 0 Å². The second-order valence-corrected chi connectivity index (χ2v) is 18.5. The van der Waals surface area contributed by atoms with Gasteiger partial charge < -0.3 is 30.1 Å². The number of ether oxygens (including phenoxy) is 2. The lowest BCUT2D eigenvalue weighted by atomic mass is 9.88. The number of halogens is 1. The molecule has 1 saturated heterocycles. The summed E-state index contributed by atoms with van der Waals surface area (Å²) < 4.78 is 53.4. The van der Waals surface area contributed by atoms with Gasteiger partial charge in [0.1, 0.15) is 35.3 Å². The smallest absolute Gasteiger partial charge is 0.405 e. The zero-order valence-electron chi connectivity index (χ0n) is 32.3. The maximum absolute atomic E-state index is 14.6. The number of amides is 4. The number of carboxylic acid groups (broad SMARTS) is 1. The Morgan fingerprint density at radius 2 is 1.81 bits per heavy atom. The summed E-state index contributed by atoms with van der Waals surface area (Å²) in [5.74, 6) is -2.70. The number of nitrogens with zero attached hydrogens (tertiary/aromatic N) is 2. The number of pyridine rings is 1. The molecule has 4 N–H and O–H groups in total. The fraction of sp³-hybridized carbons (Fsp3) is 0.488. The molecule has 0 bridgehead atoms. The quantitative estimate of drug-likeness (QED) is 0.227. The van der Waals surface area contributed by atoms with E-state index in [1.807, 2.05) is 25.1 Å². The van der Waals surface area contributed by atoms with E-state index in [-0.39, 0.29) is 31.2 Å². The van der Waals surface area contributed by atoms with E-state index >= 15 is 0 Å². The van der Waals surface area contributed by atoms with Crippen LogP contribution in [0.2, 0.25) is 0 Å². The molecule has 2 aromatic carbocycles. The van der Waals surface area contributed by atoms with Crippen molar-refractivity contribution in [1.29, 1.82) is 0 Å². The first-order valence-corrected chi connectivity index (χ1v) is 20.8. The predicted molar refractivity (Wildman–Crippen MR) is 208 cm³/mol. The fourth-order valence-corrected chi connectivity index (χ4v) is 9.39. The number of hydrogen-bond donors (Lipinski definition) is 4. The molecule has 2 saturated carbocycles. The van der Waals surface area contributed by atoms with Gasteiger partial charge in [-0.05, 0) is 111 Å². The number of aromatic nitrogens is 1. The van der Waals surface area contributed by atoms with Gasteiger partial charge in [0.05, 0.1) is 24.1 Å². The molecule has 3 aromatic rings. The highest BCUT2D eigenvalue weighted by molar-refractivity contribution is 7.91. The third-order valence-corrected chi connectivity index (χ3v) is 14.1. The highest BCUT2D eigenvalue weighted by Crippen LogP contribution is 2.48. The molecule has 7 atom stereocenters. The monoisotopic (exact) mass is 805 g/mol. The second-order valence-electron chi connectivity index (χ2n) is 16.3. The predicted octanol–water partition coefficient (Wildman–Crippen LogP) is 4.92. The summed E-state index contributed by atoms with van der Waals surface area (Å²) in [5, 5.41) is 16.4. The number of methoxy groups -OCH3 is 1. The van der Waals surface area contributed by atoms with Crippen LogP contribution in [0.4, 0.5) is 9.18 Å². The number of nitrogens with one attached hydrogen (secondary N) is 3. The molecule has 3 fully saturated rings. The van der Waals surface area contributed by atoms with Crippen molar-refractivity contribution in [3.63, 3.8) is 0 Å². The van der Waals surface area contributed by atoms with Crippen molar-refractivity contribution in [2.24, 2.45) is 17.8 Å². The summed E-state index contributed by atoms with van der Waals surface area (Å²) in [6.07, 6.45) is 4.28. The Morgan fingerprint density at radius 1 is 1.07 bits per heavy atom. The van der Waals surface area contributed by atoms with Crippen molar-refractivity contribution in [2.75, 3.05) is 13.7 Å². The number of carbonyl (C=O) groups excluding carboxylic acids is 3. The van der Waals surface area contributed by atoms with Crippen LogP contribution in [0.15, 0.2) is 60.7 Å². The Morgan fingerprint density at radius 3 is 2.49 bits per heavy atom. The van der Waals surface area contributed by atoms with Crippen LogP contribution >= 0.6 is 0 Å². The molecule has 2 aliphatic heterocycles. The number of fused-ring (bicyclic) bond motifs is 3. The minimum Gasteiger partial charge on any atom is -0.497 e. The average Bonchev–Trinajstić information content (AvgIpc) is 4.05. The van der Waals surface area contributed by atoms with E-state index in [1.54, 1.807) is 44.2 Å². The van der Waals surface area contributed by atoms with Crippen LogP contribution in [-0.4, -0.2) is 89.4 Å². The first-order valence-electron chi connectivity index (χ1n) is 19.3. The average molecular weight is 806 g/mol. The number of carbonyl (C=O) groups is 4. The zero-order chi connectivity index (χ0) is 40.9. The summed E-state index contributed by atoms with van der Waals surface area (Å²) >= 11 is 0. The number of benzene rings is 2. The van der Waals surface area contributed by atoms with E-state index in [9.17, 15) is 37.1 Å². The summed E-state index contributed by atoms with van der Waals surface area (Å²) in [5.41, 5.74) is -0.505. The van der Waals surface area contributed by atoms with E-state index in [0.29, 0.717) is 59.9 Å². The number of rotatable bonds is 8. The van der Waals surface area contributed by atoms with Gasteiger partial charge in [-0.25, -0.2) is 22.6 Å². The summed E-state index contributed by atoms with van der Waals surface area (Å²) in [7, 11) is -2.50. The molecule has 304 valence electrons. The van der Waals surface area contributed by atoms with Crippen molar-refractivity contribution < 1.29 is 46.6 Å². The SMILES string of the molecule is COc1ccc2c(O[C@@H]3C[C@H]4C(=O)N[C@]5(C(=O)NS(=O)(=O)C6(C)CC6)C[C@H]5/C=C\CC[C@@H](C)C[C@@H](C)[C@H](NC(=O)O)C(=O)N4C3)nc(-c3ccc(F)cc3)cc2c1. The molecular weight excluding hydrogens is 758 g/mol. The third kappa shape index (κ3) is 8.14. The van der Waals surface area contributed by atoms with Gasteiger partial charge in [0, 0.05) is 23.3 Å². The molecular formula is C41H48FN5O9S. The third-order valence-electron chi connectivity index (χ3n) is 11.9. The molecule has 4 amide bonds. The van der Waals surface area contributed by atoms with Crippen LogP contribution in [0.3, 0.4) is 0 Å². The molecule has 3 heterocycles. The highest BCUT2D eigenvalue weighted by Gasteiger charge is 2.63. The van der Waals surface area contributed by atoms with Crippen molar-refractivity contribution in [2.45, 2.75) is 94.2 Å². The Bertz CT molecular complexity index is 2230. The molecule has 7 rings (SSSR count). The van der Waals surface area contributed by atoms with Crippen molar-refractivity contribution >= 4 is 44.6 Å². The van der Waals surface area contributed by atoms with E-state index in [1.165, 1.54) is 24.1 Å². The Hall–Kier alpha value is -5.25. The summed E-state index contributed by atoms with van der Waals surface area (Å²) in [4.78, 5) is 61.1. The molecule has 2 aliphatic carbocycles. The molecule has 57 heavy (non-hydrogen) atoms. The Kier molecular flexibility index (Phi) is 10.7. The van der Waals surface area contributed by atoms with Crippen LogP contribution in [0, 0.1) is 23.6 Å². The standard InChI is InChI=1S/C41H48FN5O9S/c1-23-7-5-6-8-27-21-41(27,38(50)46-57(53,54)40(3)15-16-40)45-35(48)33-20-30(22-47(33)37(49)34(24(2)17-23)44-39(51)52)56-36-31-14-13-29(55-4)18-26(31)19-32(43-36)25-9-11-28(42)12-10-25/h6,8-14,18-19,23-24,27,30,33-34,44H,5,7,15-17,20-22H2,1-4H3,(H,45,48)(H,46,50)(H,51,52)/b8-6-/t23-,24-,27-,30-,33+,34+,41-/m1/s1. The van der Waals surface area contributed by atoms with Gasteiger partial charge in [0.15, 0.2) is 0 Å². The van der Waals surface area contributed by atoms with Gasteiger partial charge >= 0.3 is 6.09 Å². The summed E-state index contributed by atoms with van der Waals surface area (Å²) in [6, 6.07) is 10.5. The molecule has 14 nitrogen and oxygen atoms in total. The van der Waals surface area contributed by atoms with Crippen molar-refractivity contribution in [3.8, 4) is 22.9 Å². The van der Waals surface area contributed by atoms with E-state index in [0.717, 1.165) is 0 Å². The van der Waals surface area contributed by atoms with Gasteiger partial charge in [0.2, 0.25) is 27.7 Å². The van der Waals surface area contributed by atoms with Crippen molar-refractivity contribution in [3.05, 3.63) is 66.5 Å². The number of hydrogen-bond acceptors (Lipinski definition) is 9. The number of sulfonamides is 1. The van der Waals surface area contributed by atoms with Crippen LogP contribution in [0.5, 0.6) is 11.6 Å². The Balaban J connectivity index is 1.25. The highest BCUT2D eigenvalue weighted by atomic mass is 32.2. The summed E-state index contributed by atoms with van der Waals surface area (Å²) in [6.45, 7) is 5.24. The van der Waals surface area contributed by atoms with E-state index in [4.69, 9.17) is 14.5 Å². The van der Waals surface area contributed by atoms with Crippen LogP contribution in [0.25, 0.3) is 22.0 Å².